The van der Waals surface area contributed by atoms with Crippen LogP contribution in [0.15, 0.2) is 36.3 Å². The highest BCUT2D eigenvalue weighted by Crippen LogP contribution is 2.24. The molecule has 2 atom stereocenters. The summed E-state index contributed by atoms with van der Waals surface area (Å²) in [5.74, 6) is 0.343. The molecule has 0 saturated heterocycles. The molecule has 3 N–H and O–H groups in total. The number of allylic oxidation sites excluding steroid dienone is 2. The van der Waals surface area contributed by atoms with Gasteiger partial charge in [-0.3, -0.25) is 9.59 Å². The average molecular weight is 450 g/mol. The quantitative estimate of drug-likeness (QED) is 0.552. The van der Waals surface area contributed by atoms with E-state index >= 15 is 0 Å². The number of rotatable bonds is 6. The number of carbonyl (C=O) groups excluding carboxylic acids is 3. The Morgan fingerprint density at radius 3 is 2.76 bits per heavy atom. The molecule has 0 spiro atoms. The molecule has 11 heteroatoms. The summed E-state index contributed by atoms with van der Waals surface area (Å²) in [7, 11) is 3.36. The number of fused-ring (bicyclic) bond motifs is 1. The minimum atomic E-state index is -0.458. The molecule has 0 aromatic carbocycles. The molecule has 1 aliphatic heterocycles. The predicted molar refractivity (Wildman–Crippen MR) is 119 cm³/mol. The fraction of sp³-hybridized carbons (Fsp3) is 0.364. The number of amides is 2. The van der Waals surface area contributed by atoms with Gasteiger partial charge in [0.25, 0.3) is 5.91 Å². The number of nitrogens with zero attached hydrogens (tertiary/aromatic N) is 4. The van der Waals surface area contributed by atoms with Crippen molar-refractivity contribution in [3.05, 3.63) is 41.9 Å². The second-order valence-electron chi connectivity index (χ2n) is 8.08. The Labute approximate surface area is 189 Å². The molecule has 33 heavy (non-hydrogen) atoms. The maximum Gasteiger partial charge on any atom is 0.441 e. The number of nitrogens with one attached hydrogen (secondary N) is 3. The monoisotopic (exact) mass is 450 g/mol. The van der Waals surface area contributed by atoms with Crippen molar-refractivity contribution in [3.8, 4) is 0 Å². The summed E-state index contributed by atoms with van der Waals surface area (Å²) in [6, 6.07) is 1.24. The molecule has 3 aliphatic rings. The number of ketones is 1. The fourth-order valence-electron chi connectivity index (χ4n) is 4.03. The van der Waals surface area contributed by atoms with Gasteiger partial charge in [0.15, 0.2) is 29.0 Å². The van der Waals surface area contributed by atoms with Crippen LogP contribution in [0.4, 0.5) is 11.6 Å². The van der Waals surface area contributed by atoms with E-state index < -0.39 is 11.9 Å². The third-order valence-electron chi connectivity index (χ3n) is 6.18. The fourth-order valence-corrected chi connectivity index (χ4v) is 4.03. The largest absolute Gasteiger partial charge is 0.441 e. The lowest BCUT2D eigenvalue weighted by molar-refractivity contribution is -0.385. The van der Waals surface area contributed by atoms with Gasteiger partial charge < -0.3 is 20.7 Å². The molecule has 0 radical (unpaired) electrons. The molecule has 2 aliphatic carbocycles. The topological polar surface area (TPSA) is 130 Å². The van der Waals surface area contributed by atoms with Crippen LogP contribution in [0.5, 0.6) is 0 Å². The second-order valence-corrected chi connectivity index (χ2v) is 8.08. The van der Waals surface area contributed by atoms with Crippen LogP contribution >= 0.6 is 0 Å². The van der Waals surface area contributed by atoms with E-state index in [-0.39, 0.29) is 23.4 Å². The molecule has 3 heterocycles. The van der Waals surface area contributed by atoms with Crippen molar-refractivity contribution in [3.63, 3.8) is 0 Å². The molecular formula is C22H24N7O4+. The number of hydrogen-bond acceptors (Lipinski definition) is 8. The van der Waals surface area contributed by atoms with Gasteiger partial charge in [-0.05, 0) is 18.9 Å². The third-order valence-corrected chi connectivity index (χ3v) is 6.18. The number of hydrogen-bond donors (Lipinski definition) is 3. The molecule has 2 aromatic heterocycles. The molecule has 2 fully saturated rings. The zero-order chi connectivity index (χ0) is 23.1. The molecule has 5 rings (SSSR count). The van der Waals surface area contributed by atoms with Gasteiger partial charge in [0.05, 0.1) is 12.2 Å². The number of Topliss-reactive ketones (excluding diaryl/α,β-unsaturated/α-hetero) is 1. The maximum atomic E-state index is 13.1. The summed E-state index contributed by atoms with van der Waals surface area (Å²) in [6.07, 6.45) is 9.35. The minimum absolute atomic E-state index is 0.0199. The molecule has 2 amide bonds. The Kier molecular flexibility index (Phi) is 5.25. The molecular weight excluding hydrogens is 426 g/mol. The number of carbonyl (C=O) groups is 3. The highest BCUT2D eigenvalue weighted by Gasteiger charge is 2.39. The summed E-state index contributed by atoms with van der Waals surface area (Å²) in [5.41, 5.74) is 1.81. The third kappa shape index (κ3) is 3.59. The smallest absolute Gasteiger partial charge is 0.373 e. The summed E-state index contributed by atoms with van der Waals surface area (Å²) in [6.45, 7) is 0. The first-order valence-corrected chi connectivity index (χ1v) is 10.8. The van der Waals surface area contributed by atoms with Crippen molar-refractivity contribution in [2.24, 2.45) is 0 Å². The van der Waals surface area contributed by atoms with E-state index in [1.54, 1.807) is 43.2 Å². The van der Waals surface area contributed by atoms with Crippen LogP contribution in [0, 0.1) is 0 Å². The van der Waals surface area contributed by atoms with E-state index in [1.165, 1.54) is 10.7 Å². The van der Waals surface area contributed by atoms with Gasteiger partial charge in [-0.15, -0.1) is 4.58 Å². The summed E-state index contributed by atoms with van der Waals surface area (Å²) >= 11 is 0. The first-order valence-electron chi connectivity index (χ1n) is 10.8. The molecule has 11 nitrogen and oxygen atoms in total. The lowest BCUT2D eigenvalue weighted by Gasteiger charge is -2.24. The van der Waals surface area contributed by atoms with Crippen molar-refractivity contribution in [2.45, 2.75) is 37.8 Å². The zero-order valence-corrected chi connectivity index (χ0v) is 18.3. The molecule has 2 aromatic rings. The normalized spacial score (nSPS) is 24.2. The first kappa shape index (κ1) is 21.0. The second kappa shape index (κ2) is 8.24. The van der Waals surface area contributed by atoms with Crippen LogP contribution in [0.3, 0.4) is 0 Å². The van der Waals surface area contributed by atoms with Crippen molar-refractivity contribution in [1.82, 2.24) is 19.9 Å². The SMILES string of the molecule is CNc1cc(NC2=CC=C[N+](=C3CC[C@@H]3OC)C2=O)nc2c(C(=O)N[C@H]3CCC3=O)cnn12. The minimum Gasteiger partial charge on any atom is -0.373 e. The van der Waals surface area contributed by atoms with Crippen molar-refractivity contribution in [2.75, 3.05) is 24.8 Å². The zero-order valence-electron chi connectivity index (χ0n) is 18.3. The Morgan fingerprint density at radius 1 is 1.27 bits per heavy atom. The van der Waals surface area contributed by atoms with Gasteiger partial charge in [-0.25, -0.2) is 9.78 Å². The highest BCUT2D eigenvalue weighted by molar-refractivity contribution is 6.04. The van der Waals surface area contributed by atoms with Crippen molar-refractivity contribution in [1.29, 1.82) is 0 Å². The number of anilines is 2. The van der Waals surface area contributed by atoms with Crippen LogP contribution in [0.1, 0.15) is 36.0 Å². The number of aromatic nitrogens is 3. The van der Waals surface area contributed by atoms with Gasteiger partial charge in [-0.2, -0.15) is 9.61 Å². The molecule has 170 valence electrons. The van der Waals surface area contributed by atoms with Gasteiger partial charge in [0, 0.05) is 39.1 Å². The van der Waals surface area contributed by atoms with E-state index in [9.17, 15) is 14.4 Å². The van der Waals surface area contributed by atoms with E-state index in [0.29, 0.717) is 35.8 Å². The van der Waals surface area contributed by atoms with E-state index in [0.717, 1.165) is 18.6 Å². The van der Waals surface area contributed by atoms with Crippen LogP contribution in [0.25, 0.3) is 5.65 Å². The number of ether oxygens (including phenoxy) is 1. The molecule has 0 unspecified atom stereocenters. The standard InChI is InChI=1S/C22H23N7O4/c1-23-19-10-18(25-14-4-3-9-28(22(14)32)15-6-8-17(15)33-2)27-20-12(11-24-29(19)20)21(31)26-13-5-7-16(13)30/h3-4,9-11,13,17H,5-8H2,1-2H3,(H2-,23,24,25,26,27,31)/p+1/t13-,17-/m0/s1. The van der Waals surface area contributed by atoms with Crippen molar-refractivity contribution >= 4 is 40.6 Å². The van der Waals surface area contributed by atoms with Crippen molar-refractivity contribution < 1.29 is 23.7 Å². The van der Waals surface area contributed by atoms with Crippen LogP contribution in [-0.4, -0.2) is 68.8 Å². The van der Waals surface area contributed by atoms with Gasteiger partial charge >= 0.3 is 5.91 Å². The van der Waals surface area contributed by atoms with Gasteiger partial charge in [0.2, 0.25) is 0 Å². The molecule has 2 saturated carbocycles. The first-order chi connectivity index (χ1) is 16.0. The van der Waals surface area contributed by atoms with Gasteiger partial charge in [0.1, 0.15) is 23.3 Å². The Bertz CT molecular complexity index is 1270. The van der Waals surface area contributed by atoms with Crippen LogP contribution in [0.2, 0.25) is 0 Å². The van der Waals surface area contributed by atoms with Gasteiger partial charge in [-0.1, -0.05) is 0 Å². The maximum absolute atomic E-state index is 13.1. The lowest BCUT2D eigenvalue weighted by atomic mass is 9.91. The van der Waals surface area contributed by atoms with Crippen LogP contribution in [-0.2, 0) is 14.3 Å². The average Bonchev–Trinajstić information content (AvgIpc) is 3.22. The lowest BCUT2D eigenvalue weighted by Crippen LogP contribution is -2.47. The summed E-state index contributed by atoms with van der Waals surface area (Å²) in [5, 5.41) is 13.1. The van der Waals surface area contributed by atoms with Crippen LogP contribution < -0.4 is 16.0 Å². The Morgan fingerprint density at radius 2 is 2.12 bits per heavy atom. The molecule has 0 bridgehead atoms. The Balaban J connectivity index is 1.44. The van der Waals surface area contributed by atoms with E-state index in [2.05, 4.69) is 26.0 Å². The summed E-state index contributed by atoms with van der Waals surface area (Å²) in [4.78, 5) is 42.0. The number of methoxy groups -OCH3 is 1. The summed E-state index contributed by atoms with van der Waals surface area (Å²) < 4.78 is 8.51. The Hall–Kier alpha value is -3.86. The predicted octanol–water partition coefficient (Wildman–Crippen LogP) is 0.844. The highest BCUT2D eigenvalue weighted by atomic mass is 16.5. The van der Waals surface area contributed by atoms with E-state index in [1.807, 2.05) is 0 Å². The van der Waals surface area contributed by atoms with E-state index in [4.69, 9.17) is 4.74 Å².